The summed E-state index contributed by atoms with van der Waals surface area (Å²) in [6.45, 7) is 1.82. The third-order valence-corrected chi connectivity index (χ3v) is 3.41. The summed E-state index contributed by atoms with van der Waals surface area (Å²) in [5.41, 5.74) is 0.0199. The monoisotopic (exact) mass is 306 g/mol. The van der Waals surface area contributed by atoms with E-state index in [-0.39, 0.29) is 11.8 Å². The Bertz CT molecular complexity index is 647. The molecule has 1 aliphatic rings. The number of piperidine rings is 1. The molecular formula is C15H16F2N4O. The molecule has 0 aliphatic carbocycles. The van der Waals surface area contributed by atoms with Crippen molar-refractivity contribution in [2.45, 2.75) is 18.9 Å². The zero-order valence-electron chi connectivity index (χ0n) is 11.9. The van der Waals surface area contributed by atoms with E-state index >= 15 is 0 Å². The van der Waals surface area contributed by atoms with Crippen LogP contribution in [-0.2, 0) is 0 Å². The molecule has 1 aliphatic heterocycles. The molecule has 0 spiro atoms. The molecule has 1 saturated heterocycles. The maximum Gasteiger partial charge on any atom is 0.218 e. The summed E-state index contributed by atoms with van der Waals surface area (Å²) < 4.78 is 32.6. The van der Waals surface area contributed by atoms with Gasteiger partial charge in [-0.1, -0.05) is 0 Å². The summed E-state index contributed by atoms with van der Waals surface area (Å²) in [5, 5.41) is 5.99. The lowest BCUT2D eigenvalue weighted by Gasteiger charge is -2.23. The van der Waals surface area contributed by atoms with Crippen LogP contribution >= 0.6 is 0 Å². The highest BCUT2D eigenvalue weighted by Crippen LogP contribution is 2.22. The molecule has 2 N–H and O–H groups in total. The number of nitrogens with zero attached hydrogens (tertiary/aromatic N) is 2. The van der Waals surface area contributed by atoms with E-state index in [2.05, 4.69) is 20.6 Å². The lowest BCUT2D eigenvalue weighted by atomic mass is 10.1. The molecule has 0 atom stereocenters. The first-order valence-corrected chi connectivity index (χ1v) is 7.12. The fraction of sp³-hybridized carbons (Fsp3) is 0.333. The molecule has 0 radical (unpaired) electrons. The van der Waals surface area contributed by atoms with Gasteiger partial charge in [0.25, 0.3) is 0 Å². The summed E-state index contributed by atoms with van der Waals surface area (Å²) in [7, 11) is 0. The quantitative estimate of drug-likeness (QED) is 0.909. The Morgan fingerprint density at radius 3 is 2.77 bits per heavy atom. The molecule has 0 amide bonds. The minimum absolute atomic E-state index is 0.0199. The Morgan fingerprint density at radius 1 is 1.14 bits per heavy atom. The van der Waals surface area contributed by atoms with Crippen LogP contribution in [0.5, 0.6) is 5.88 Å². The Hall–Kier alpha value is -2.28. The Labute approximate surface area is 126 Å². The molecule has 1 fully saturated rings. The first kappa shape index (κ1) is 14.6. The molecule has 3 rings (SSSR count). The summed E-state index contributed by atoms with van der Waals surface area (Å²) in [6, 6.07) is 4.77. The minimum atomic E-state index is -0.555. The first-order chi connectivity index (χ1) is 10.7. The van der Waals surface area contributed by atoms with Crippen molar-refractivity contribution in [3.05, 3.63) is 42.2 Å². The highest BCUT2D eigenvalue weighted by Gasteiger charge is 2.15. The van der Waals surface area contributed by atoms with Gasteiger partial charge in [-0.05, 0) is 38.1 Å². The second-order valence-corrected chi connectivity index (χ2v) is 5.06. The molecule has 1 aromatic heterocycles. The van der Waals surface area contributed by atoms with E-state index < -0.39 is 11.6 Å². The van der Waals surface area contributed by atoms with Crippen molar-refractivity contribution in [2.75, 3.05) is 18.4 Å². The average Bonchev–Trinajstić information content (AvgIpc) is 2.52. The largest absolute Gasteiger partial charge is 0.474 e. The number of anilines is 2. The SMILES string of the molecule is Fc1ccc(F)c(Nc2cc(OC3CCNCC3)ncn2)c1. The molecule has 1 aromatic carbocycles. The average molecular weight is 306 g/mol. The Balaban J connectivity index is 1.71. The number of rotatable bonds is 4. The molecule has 0 unspecified atom stereocenters. The fourth-order valence-corrected chi connectivity index (χ4v) is 2.29. The van der Waals surface area contributed by atoms with Crippen LogP contribution in [0, 0.1) is 11.6 Å². The predicted molar refractivity (Wildman–Crippen MR) is 78.2 cm³/mol. The summed E-state index contributed by atoms with van der Waals surface area (Å²) in [5.74, 6) is -0.311. The van der Waals surface area contributed by atoms with Crippen molar-refractivity contribution in [1.29, 1.82) is 0 Å². The second kappa shape index (κ2) is 6.65. The molecule has 0 saturated carbocycles. The molecule has 5 nitrogen and oxygen atoms in total. The van der Waals surface area contributed by atoms with E-state index in [0.29, 0.717) is 11.7 Å². The van der Waals surface area contributed by atoms with Crippen molar-refractivity contribution < 1.29 is 13.5 Å². The van der Waals surface area contributed by atoms with Gasteiger partial charge < -0.3 is 15.4 Å². The third kappa shape index (κ3) is 3.67. The van der Waals surface area contributed by atoms with E-state index in [4.69, 9.17) is 4.74 Å². The van der Waals surface area contributed by atoms with E-state index in [1.165, 1.54) is 6.33 Å². The first-order valence-electron chi connectivity index (χ1n) is 7.12. The molecule has 2 aromatic rings. The Kier molecular flexibility index (Phi) is 4.43. The van der Waals surface area contributed by atoms with Crippen molar-refractivity contribution in [3.8, 4) is 5.88 Å². The van der Waals surface area contributed by atoms with E-state index in [0.717, 1.165) is 44.1 Å². The minimum Gasteiger partial charge on any atom is -0.474 e. The molecule has 7 heteroatoms. The van der Waals surface area contributed by atoms with Gasteiger partial charge in [0.15, 0.2) is 0 Å². The van der Waals surface area contributed by atoms with E-state index in [9.17, 15) is 8.78 Å². The van der Waals surface area contributed by atoms with Gasteiger partial charge >= 0.3 is 0 Å². The Morgan fingerprint density at radius 2 is 1.95 bits per heavy atom. The van der Waals surface area contributed by atoms with Crippen LogP contribution in [0.15, 0.2) is 30.6 Å². The van der Waals surface area contributed by atoms with Crippen molar-refractivity contribution in [2.24, 2.45) is 0 Å². The van der Waals surface area contributed by atoms with Crippen LogP contribution in [0.4, 0.5) is 20.3 Å². The van der Waals surface area contributed by atoms with Gasteiger partial charge in [0.1, 0.15) is 29.9 Å². The standard InChI is InChI=1S/C15H16F2N4O/c16-10-1-2-12(17)13(7-10)21-14-8-15(20-9-19-14)22-11-3-5-18-6-4-11/h1-2,7-9,11,18H,3-6H2,(H,19,20,21). The van der Waals surface area contributed by atoms with Gasteiger partial charge in [-0.2, -0.15) is 0 Å². The molecule has 22 heavy (non-hydrogen) atoms. The number of hydrogen-bond acceptors (Lipinski definition) is 5. The smallest absolute Gasteiger partial charge is 0.218 e. The lowest BCUT2D eigenvalue weighted by Crippen LogP contribution is -2.34. The molecule has 2 heterocycles. The number of benzene rings is 1. The third-order valence-electron chi connectivity index (χ3n) is 3.41. The highest BCUT2D eigenvalue weighted by atomic mass is 19.1. The second-order valence-electron chi connectivity index (χ2n) is 5.06. The van der Waals surface area contributed by atoms with Crippen LogP contribution in [0.1, 0.15) is 12.8 Å². The maximum absolute atomic E-state index is 13.6. The normalized spacial score (nSPS) is 15.5. The zero-order valence-corrected chi connectivity index (χ0v) is 11.9. The number of aromatic nitrogens is 2. The van der Waals surface area contributed by atoms with Crippen LogP contribution in [0.2, 0.25) is 0 Å². The number of hydrogen-bond donors (Lipinski definition) is 2. The van der Waals surface area contributed by atoms with Crippen LogP contribution in [-0.4, -0.2) is 29.2 Å². The van der Waals surface area contributed by atoms with Crippen LogP contribution < -0.4 is 15.4 Å². The number of nitrogens with one attached hydrogen (secondary N) is 2. The van der Waals surface area contributed by atoms with Crippen molar-refractivity contribution in [3.63, 3.8) is 0 Å². The van der Waals surface area contributed by atoms with E-state index in [1.807, 2.05) is 0 Å². The number of halogens is 2. The topological polar surface area (TPSA) is 59.1 Å². The predicted octanol–water partition coefficient (Wildman–Crippen LogP) is 2.63. The van der Waals surface area contributed by atoms with Crippen molar-refractivity contribution >= 4 is 11.5 Å². The molecular weight excluding hydrogens is 290 g/mol. The summed E-state index contributed by atoms with van der Waals surface area (Å²) >= 11 is 0. The van der Waals surface area contributed by atoms with E-state index in [1.54, 1.807) is 6.07 Å². The van der Waals surface area contributed by atoms with Gasteiger partial charge in [-0.3, -0.25) is 0 Å². The van der Waals surface area contributed by atoms with Gasteiger partial charge in [0.2, 0.25) is 5.88 Å². The van der Waals surface area contributed by atoms with Crippen molar-refractivity contribution in [1.82, 2.24) is 15.3 Å². The van der Waals surface area contributed by atoms with Gasteiger partial charge in [0.05, 0.1) is 5.69 Å². The van der Waals surface area contributed by atoms with Crippen LogP contribution in [0.25, 0.3) is 0 Å². The molecule has 0 bridgehead atoms. The maximum atomic E-state index is 13.6. The highest BCUT2D eigenvalue weighted by molar-refractivity contribution is 5.57. The van der Waals surface area contributed by atoms with Gasteiger partial charge in [-0.25, -0.2) is 18.7 Å². The number of ether oxygens (including phenoxy) is 1. The fourth-order valence-electron chi connectivity index (χ4n) is 2.29. The summed E-state index contributed by atoms with van der Waals surface area (Å²) in [6.07, 6.45) is 3.25. The van der Waals surface area contributed by atoms with Crippen LogP contribution in [0.3, 0.4) is 0 Å². The van der Waals surface area contributed by atoms with Gasteiger partial charge in [0, 0.05) is 12.1 Å². The lowest BCUT2D eigenvalue weighted by molar-refractivity contribution is 0.156. The van der Waals surface area contributed by atoms with Gasteiger partial charge in [-0.15, -0.1) is 0 Å². The zero-order chi connectivity index (χ0) is 15.4. The molecule has 116 valence electrons. The summed E-state index contributed by atoms with van der Waals surface area (Å²) in [4.78, 5) is 8.05.